The van der Waals surface area contributed by atoms with Gasteiger partial charge in [-0.05, 0) is 51.0 Å². The highest BCUT2D eigenvalue weighted by Crippen LogP contribution is 2.19. The van der Waals surface area contributed by atoms with Crippen molar-refractivity contribution < 1.29 is 24.0 Å². The Morgan fingerprint density at radius 1 is 1.00 bits per heavy atom. The van der Waals surface area contributed by atoms with Crippen molar-refractivity contribution in [2.75, 3.05) is 6.54 Å². The van der Waals surface area contributed by atoms with Crippen molar-refractivity contribution >= 4 is 17.7 Å². The van der Waals surface area contributed by atoms with Gasteiger partial charge in [-0.2, -0.15) is 0 Å². The molecule has 0 bridgehead atoms. The molecule has 0 aliphatic heterocycles. The fourth-order valence-electron chi connectivity index (χ4n) is 4.26. The molecule has 2 aromatic carbocycles. The number of carbonyl (C=O) groups excluding carboxylic acids is 3. The van der Waals surface area contributed by atoms with Crippen LogP contribution in [0.2, 0.25) is 0 Å². The molecule has 0 unspecified atom stereocenters. The van der Waals surface area contributed by atoms with E-state index in [0.29, 0.717) is 5.56 Å². The van der Waals surface area contributed by atoms with Crippen LogP contribution in [0.25, 0.3) is 0 Å². The summed E-state index contributed by atoms with van der Waals surface area (Å²) in [6, 6.07) is 9.24. The molecule has 1 fully saturated rings. The molecule has 176 valence electrons. The minimum Gasteiger partial charge on any atom is -0.352 e. The van der Waals surface area contributed by atoms with Crippen LogP contribution >= 0.6 is 0 Å². The second-order valence-electron chi connectivity index (χ2n) is 8.69. The van der Waals surface area contributed by atoms with Crippen LogP contribution in [0.5, 0.6) is 0 Å². The molecule has 0 radical (unpaired) electrons. The van der Waals surface area contributed by atoms with Gasteiger partial charge in [0.15, 0.2) is 0 Å². The van der Waals surface area contributed by atoms with Crippen molar-refractivity contribution in [1.82, 2.24) is 15.7 Å². The predicted molar refractivity (Wildman–Crippen MR) is 121 cm³/mol. The lowest BCUT2D eigenvalue weighted by Gasteiger charge is -2.26. The maximum atomic E-state index is 14.7. The van der Waals surface area contributed by atoms with Crippen molar-refractivity contribution in [1.29, 1.82) is 0 Å². The standard InChI is InChI=1S/C25H30FN3O4/c1-16-10-17(2)12-20(11-16)25(32)29(15-23(30)27-21-6-4-3-5-7-21)14-19-9-8-18(13-22(19)26)24(31)28-33/h8-13,21,33H,3-7,14-15H2,1-2H3,(H,27,30)(H,28,31). The molecule has 33 heavy (non-hydrogen) atoms. The van der Waals surface area contributed by atoms with E-state index in [-0.39, 0.29) is 42.1 Å². The fourth-order valence-corrected chi connectivity index (χ4v) is 4.26. The van der Waals surface area contributed by atoms with E-state index in [2.05, 4.69) is 5.32 Å². The molecule has 3 amide bonds. The first-order chi connectivity index (χ1) is 15.8. The molecule has 3 N–H and O–H groups in total. The number of nitrogens with zero attached hydrogens (tertiary/aromatic N) is 1. The number of hydrogen-bond acceptors (Lipinski definition) is 4. The van der Waals surface area contributed by atoms with Gasteiger partial charge in [0.25, 0.3) is 11.8 Å². The zero-order valence-electron chi connectivity index (χ0n) is 19.0. The molecule has 8 heteroatoms. The van der Waals surface area contributed by atoms with Gasteiger partial charge < -0.3 is 10.2 Å². The second kappa shape index (κ2) is 11.0. The highest BCUT2D eigenvalue weighted by molar-refractivity contribution is 5.97. The van der Waals surface area contributed by atoms with Gasteiger partial charge >= 0.3 is 0 Å². The van der Waals surface area contributed by atoms with E-state index in [1.165, 1.54) is 22.5 Å². The molecule has 1 aliphatic rings. The topological polar surface area (TPSA) is 98.7 Å². The molecule has 0 heterocycles. The number of carbonyl (C=O) groups is 3. The van der Waals surface area contributed by atoms with Crippen molar-refractivity contribution in [2.45, 2.75) is 58.5 Å². The quantitative estimate of drug-likeness (QED) is 0.438. The first-order valence-corrected chi connectivity index (χ1v) is 11.2. The summed E-state index contributed by atoms with van der Waals surface area (Å²) in [6.07, 6.45) is 5.12. The molecule has 3 rings (SSSR count). The summed E-state index contributed by atoms with van der Waals surface area (Å²) in [5.74, 6) is -2.20. The number of hydrogen-bond donors (Lipinski definition) is 3. The number of halogens is 1. The molecule has 7 nitrogen and oxygen atoms in total. The maximum Gasteiger partial charge on any atom is 0.274 e. The SMILES string of the molecule is Cc1cc(C)cc(C(=O)N(CC(=O)NC2CCCCC2)Cc2ccc(C(=O)NO)cc2F)c1. The Bertz CT molecular complexity index is 1010. The van der Waals surface area contributed by atoms with Gasteiger partial charge in [0, 0.05) is 29.3 Å². The van der Waals surface area contributed by atoms with E-state index in [1.807, 2.05) is 19.9 Å². The molecule has 0 spiro atoms. The van der Waals surface area contributed by atoms with Gasteiger partial charge in [-0.3, -0.25) is 19.6 Å². The van der Waals surface area contributed by atoms with Gasteiger partial charge in [-0.1, -0.05) is 42.5 Å². The summed E-state index contributed by atoms with van der Waals surface area (Å²) in [5, 5.41) is 11.8. The van der Waals surface area contributed by atoms with Gasteiger partial charge in [0.1, 0.15) is 12.4 Å². The van der Waals surface area contributed by atoms with Crippen molar-refractivity contribution in [3.05, 3.63) is 70.0 Å². The number of hydroxylamine groups is 1. The van der Waals surface area contributed by atoms with E-state index < -0.39 is 11.7 Å². The second-order valence-corrected chi connectivity index (χ2v) is 8.69. The molecular formula is C25H30FN3O4. The summed E-state index contributed by atoms with van der Waals surface area (Å²) in [7, 11) is 0. The number of amides is 3. The zero-order chi connectivity index (χ0) is 24.0. The Kier molecular flexibility index (Phi) is 8.16. The molecule has 0 saturated heterocycles. The molecule has 2 aromatic rings. The van der Waals surface area contributed by atoms with E-state index in [0.717, 1.165) is 49.3 Å². The minimum absolute atomic E-state index is 0.0547. The van der Waals surface area contributed by atoms with Gasteiger partial charge in [0.2, 0.25) is 5.91 Å². The number of nitrogens with one attached hydrogen (secondary N) is 2. The van der Waals surface area contributed by atoms with Gasteiger partial charge in [-0.15, -0.1) is 0 Å². The third-order valence-corrected chi connectivity index (χ3v) is 5.84. The summed E-state index contributed by atoms with van der Waals surface area (Å²) >= 11 is 0. The summed E-state index contributed by atoms with van der Waals surface area (Å²) in [5.41, 5.74) is 3.82. The Balaban J connectivity index is 1.83. The number of rotatable bonds is 7. The van der Waals surface area contributed by atoms with Crippen LogP contribution in [0.15, 0.2) is 36.4 Å². The molecule has 0 atom stereocenters. The van der Waals surface area contributed by atoms with Crippen LogP contribution in [-0.4, -0.2) is 40.4 Å². The fraction of sp³-hybridized carbons (Fsp3) is 0.400. The lowest BCUT2D eigenvalue weighted by molar-refractivity contribution is -0.122. The normalized spacial score (nSPS) is 13.9. The Morgan fingerprint density at radius 3 is 2.27 bits per heavy atom. The van der Waals surface area contributed by atoms with E-state index in [9.17, 15) is 18.8 Å². The molecule has 1 saturated carbocycles. The van der Waals surface area contributed by atoms with Crippen LogP contribution < -0.4 is 10.8 Å². The van der Waals surface area contributed by atoms with Crippen LogP contribution in [-0.2, 0) is 11.3 Å². The first kappa shape index (κ1) is 24.4. The summed E-state index contributed by atoms with van der Waals surface area (Å²) in [4.78, 5) is 39.0. The van der Waals surface area contributed by atoms with Crippen LogP contribution in [0.3, 0.4) is 0 Å². The van der Waals surface area contributed by atoms with E-state index >= 15 is 0 Å². The number of benzene rings is 2. The van der Waals surface area contributed by atoms with Crippen LogP contribution in [0, 0.1) is 19.7 Å². The Morgan fingerprint density at radius 2 is 1.67 bits per heavy atom. The predicted octanol–water partition coefficient (Wildman–Crippen LogP) is 3.65. The summed E-state index contributed by atoms with van der Waals surface area (Å²) < 4.78 is 14.7. The van der Waals surface area contributed by atoms with Crippen LogP contribution in [0.1, 0.15) is 69.5 Å². The average Bonchev–Trinajstić information content (AvgIpc) is 2.78. The van der Waals surface area contributed by atoms with Crippen molar-refractivity contribution in [3.63, 3.8) is 0 Å². The van der Waals surface area contributed by atoms with Gasteiger partial charge in [0.05, 0.1) is 0 Å². The largest absolute Gasteiger partial charge is 0.352 e. The molecule has 1 aliphatic carbocycles. The summed E-state index contributed by atoms with van der Waals surface area (Å²) in [6.45, 7) is 3.42. The third kappa shape index (κ3) is 6.61. The smallest absolute Gasteiger partial charge is 0.274 e. The maximum absolute atomic E-state index is 14.7. The Labute approximate surface area is 192 Å². The highest BCUT2D eigenvalue weighted by Gasteiger charge is 2.23. The lowest BCUT2D eigenvalue weighted by Crippen LogP contribution is -2.44. The monoisotopic (exact) mass is 455 g/mol. The highest BCUT2D eigenvalue weighted by atomic mass is 19.1. The zero-order valence-corrected chi connectivity index (χ0v) is 19.0. The van der Waals surface area contributed by atoms with E-state index in [4.69, 9.17) is 5.21 Å². The lowest BCUT2D eigenvalue weighted by atomic mass is 9.95. The molecular weight excluding hydrogens is 425 g/mol. The minimum atomic E-state index is -0.838. The first-order valence-electron chi connectivity index (χ1n) is 11.2. The third-order valence-electron chi connectivity index (χ3n) is 5.84. The van der Waals surface area contributed by atoms with Gasteiger partial charge in [-0.25, -0.2) is 9.87 Å². The molecule has 0 aromatic heterocycles. The Hall–Kier alpha value is -3.26. The van der Waals surface area contributed by atoms with E-state index in [1.54, 1.807) is 12.1 Å². The average molecular weight is 456 g/mol. The van der Waals surface area contributed by atoms with Crippen LogP contribution in [0.4, 0.5) is 4.39 Å². The number of aryl methyl sites for hydroxylation is 2. The van der Waals surface area contributed by atoms with Crippen molar-refractivity contribution in [3.8, 4) is 0 Å². The van der Waals surface area contributed by atoms with Crippen molar-refractivity contribution in [2.24, 2.45) is 0 Å².